The Morgan fingerprint density at radius 2 is 1.57 bits per heavy atom. The van der Waals surface area contributed by atoms with Crippen molar-refractivity contribution in [3.05, 3.63) is 53.9 Å². The normalized spacial score (nSPS) is 14.4. The Kier molecular flexibility index (Phi) is 7.10. The molecule has 1 saturated heterocycles. The summed E-state index contributed by atoms with van der Waals surface area (Å²) in [6.45, 7) is 7.97. The van der Waals surface area contributed by atoms with Crippen molar-refractivity contribution in [2.75, 3.05) is 45.3 Å². The van der Waals surface area contributed by atoms with Crippen molar-refractivity contribution in [3.8, 4) is 11.5 Å². The van der Waals surface area contributed by atoms with Crippen LogP contribution in [0.25, 0.3) is 23.1 Å². The number of benzene rings is 2. The van der Waals surface area contributed by atoms with Crippen LogP contribution in [0, 0.1) is 0 Å². The first-order valence-corrected chi connectivity index (χ1v) is 11.7. The molecule has 0 atom stereocenters. The number of nitrogens with zero attached hydrogens (tertiary/aromatic N) is 4. The van der Waals surface area contributed by atoms with E-state index in [1.165, 1.54) is 0 Å². The summed E-state index contributed by atoms with van der Waals surface area (Å²) in [5, 5.41) is 0.866. The van der Waals surface area contributed by atoms with E-state index in [9.17, 15) is 4.79 Å². The number of methoxy groups -OCH3 is 2. The number of hydrogen-bond donors (Lipinski definition) is 0. The minimum atomic E-state index is -0.521. The molecular weight excluding hydrogens is 444 g/mol. The molecule has 184 valence electrons. The van der Waals surface area contributed by atoms with Gasteiger partial charge in [0.15, 0.2) is 17.3 Å². The van der Waals surface area contributed by atoms with Crippen molar-refractivity contribution < 1.29 is 19.0 Å². The molecule has 0 aliphatic carbocycles. The van der Waals surface area contributed by atoms with E-state index in [1.54, 1.807) is 19.1 Å². The van der Waals surface area contributed by atoms with Crippen LogP contribution in [0.5, 0.6) is 11.5 Å². The molecule has 1 aliphatic heterocycles. The van der Waals surface area contributed by atoms with Crippen LogP contribution in [-0.2, 0) is 4.74 Å². The maximum atomic E-state index is 12.5. The molecule has 1 fully saturated rings. The second-order valence-corrected chi connectivity index (χ2v) is 9.33. The Bertz CT molecular complexity index is 1210. The number of anilines is 1. The molecule has 0 radical (unpaired) electrons. The minimum absolute atomic E-state index is 0.289. The Morgan fingerprint density at radius 1 is 0.914 bits per heavy atom. The summed E-state index contributed by atoms with van der Waals surface area (Å²) in [4.78, 5) is 26.1. The molecule has 1 amide bonds. The van der Waals surface area contributed by atoms with Gasteiger partial charge in [-0.3, -0.25) is 0 Å². The van der Waals surface area contributed by atoms with Crippen LogP contribution in [0.15, 0.2) is 42.5 Å². The van der Waals surface area contributed by atoms with Crippen molar-refractivity contribution >= 4 is 35.0 Å². The third-order valence-electron chi connectivity index (χ3n) is 5.65. The number of piperazine rings is 1. The molecule has 0 unspecified atom stereocenters. The number of ether oxygens (including phenoxy) is 3. The first kappa shape index (κ1) is 24.3. The lowest BCUT2D eigenvalue weighted by Gasteiger charge is -2.36. The number of amides is 1. The van der Waals surface area contributed by atoms with Crippen molar-refractivity contribution in [3.63, 3.8) is 0 Å². The topological polar surface area (TPSA) is 77.0 Å². The number of aromatic nitrogens is 2. The van der Waals surface area contributed by atoms with E-state index in [-0.39, 0.29) is 6.09 Å². The molecule has 2 heterocycles. The van der Waals surface area contributed by atoms with Gasteiger partial charge >= 0.3 is 6.09 Å². The Labute approximate surface area is 206 Å². The van der Waals surface area contributed by atoms with Crippen LogP contribution in [0.3, 0.4) is 0 Å². The molecule has 0 spiro atoms. The molecule has 1 aliphatic rings. The van der Waals surface area contributed by atoms with Crippen LogP contribution in [0.4, 0.5) is 10.6 Å². The van der Waals surface area contributed by atoms with Crippen molar-refractivity contribution in [2.45, 2.75) is 26.4 Å². The van der Waals surface area contributed by atoms with Gasteiger partial charge < -0.3 is 24.0 Å². The fourth-order valence-electron chi connectivity index (χ4n) is 3.93. The first-order valence-electron chi connectivity index (χ1n) is 11.7. The molecule has 8 heteroatoms. The average Bonchev–Trinajstić information content (AvgIpc) is 2.85. The summed E-state index contributed by atoms with van der Waals surface area (Å²) < 4.78 is 16.6. The first-order chi connectivity index (χ1) is 16.8. The average molecular weight is 477 g/mol. The van der Waals surface area contributed by atoms with E-state index in [0.29, 0.717) is 43.5 Å². The zero-order chi connectivity index (χ0) is 25.0. The third-order valence-corrected chi connectivity index (χ3v) is 5.65. The number of carbonyl (C=O) groups is 1. The van der Waals surface area contributed by atoms with E-state index >= 15 is 0 Å². The highest BCUT2D eigenvalue weighted by molar-refractivity contribution is 5.93. The summed E-state index contributed by atoms with van der Waals surface area (Å²) in [7, 11) is 3.22. The highest BCUT2D eigenvalue weighted by Gasteiger charge is 2.27. The van der Waals surface area contributed by atoms with Crippen LogP contribution < -0.4 is 14.4 Å². The Hall–Kier alpha value is -3.81. The molecule has 0 N–H and O–H groups in total. The Balaban J connectivity index is 1.67. The lowest BCUT2D eigenvalue weighted by atomic mass is 10.1. The molecule has 3 aromatic rings. The van der Waals surface area contributed by atoms with Gasteiger partial charge in [0, 0.05) is 37.6 Å². The molecule has 35 heavy (non-hydrogen) atoms. The van der Waals surface area contributed by atoms with E-state index in [4.69, 9.17) is 24.2 Å². The van der Waals surface area contributed by atoms with Gasteiger partial charge in [-0.1, -0.05) is 36.4 Å². The van der Waals surface area contributed by atoms with E-state index < -0.39 is 5.60 Å². The summed E-state index contributed by atoms with van der Waals surface area (Å²) >= 11 is 0. The third kappa shape index (κ3) is 5.82. The lowest BCUT2D eigenvalue weighted by Crippen LogP contribution is -2.50. The largest absolute Gasteiger partial charge is 0.493 e. The van der Waals surface area contributed by atoms with Crippen LogP contribution >= 0.6 is 0 Å². The SMILES string of the molecule is COc1cc2nc(/C=C/c3ccccc3)nc(N3CCN(C(=O)OC(C)(C)C)CC3)c2cc1OC. The number of carbonyl (C=O) groups excluding carboxylic acids is 1. The van der Waals surface area contributed by atoms with Crippen LogP contribution in [-0.4, -0.2) is 67.0 Å². The van der Waals surface area contributed by atoms with Gasteiger partial charge in [0.1, 0.15) is 11.4 Å². The smallest absolute Gasteiger partial charge is 0.410 e. The zero-order valence-corrected chi connectivity index (χ0v) is 20.9. The monoisotopic (exact) mass is 476 g/mol. The summed E-state index contributed by atoms with van der Waals surface area (Å²) in [6.07, 6.45) is 3.61. The van der Waals surface area contributed by atoms with Gasteiger partial charge in [-0.15, -0.1) is 0 Å². The van der Waals surface area contributed by atoms with Gasteiger partial charge in [-0.25, -0.2) is 14.8 Å². The van der Waals surface area contributed by atoms with Gasteiger partial charge in [0.2, 0.25) is 0 Å². The predicted molar refractivity (Wildman–Crippen MR) is 138 cm³/mol. The van der Waals surface area contributed by atoms with Gasteiger partial charge in [-0.2, -0.15) is 0 Å². The molecule has 1 aromatic heterocycles. The van der Waals surface area contributed by atoms with Crippen molar-refractivity contribution in [1.29, 1.82) is 0 Å². The molecular formula is C27H32N4O4. The molecule has 8 nitrogen and oxygen atoms in total. The summed E-state index contributed by atoms with van der Waals surface area (Å²) in [6, 6.07) is 13.8. The molecule has 0 bridgehead atoms. The molecule has 2 aromatic carbocycles. The van der Waals surface area contributed by atoms with Crippen molar-refractivity contribution in [2.24, 2.45) is 0 Å². The quantitative estimate of drug-likeness (QED) is 0.520. The highest BCUT2D eigenvalue weighted by Crippen LogP contribution is 2.35. The van der Waals surface area contributed by atoms with Gasteiger partial charge in [-0.05, 0) is 38.5 Å². The zero-order valence-electron chi connectivity index (χ0n) is 20.9. The lowest BCUT2D eigenvalue weighted by molar-refractivity contribution is 0.0240. The maximum Gasteiger partial charge on any atom is 0.410 e. The van der Waals surface area contributed by atoms with Crippen molar-refractivity contribution in [1.82, 2.24) is 14.9 Å². The van der Waals surface area contributed by atoms with Crippen LogP contribution in [0.2, 0.25) is 0 Å². The van der Waals surface area contributed by atoms with E-state index in [0.717, 1.165) is 22.3 Å². The van der Waals surface area contributed by atoms with E-state index in [1.807, 2.05) is 75.4 Å². The van der Waals surface area contributed by atoms with E-state index in [2.05, 4.69) is 4.90 Å². The summed E-state index contributed by atoms with van der Waals surface area (Å²) in [5.41, 5.74) is 1.30. The van der Waals surface area contributed by atoms with Gasteiger partial charge in [0.05, 0.1) is 19.7 Å². The predicted octanol–water partition coefficient (Wildman–Crippen LogP) is 4.87. The molecule has 4 rings (SSSR count). The van der Waals surface area contributed by atoms with Crippen LogP contribution in [0.1, 0.15) is 32.2 Å². The number of rotatable bonds is 5. The fourth-order valence-corrected chi connectivity index (χ4v) is 3.93. The second-order valence-electron chi connectivity index (χ2n) is 9.33. The summed E-state index contributed by atoms with van der Waals surface area (Å²) in [5.74, 6) is 2.62. The second kappa shape index (κ2) is 10.2. The number of hydrogen-bond acceptors (Lipinski definition) is 7. The molecule has 0 saturated carbocycles. The van der Waals surface area contributed by atoms with Gasteiger partial charge in [0.25, 0.3) is 0 Å². The number of fused-ring (bicyclic) bond motifs is 1. The Morgan fingerprint density at radius 3 is 2.20 bits per heavy atom. The fraction of sp³-hybridized carbons (Fsp3) is 0.370. The highest BCUT2D eigenvalue weighted by atomic mass is 16.6. The maximum absolute atomic E-state index is 12.5. The minimum Gasteiger partial charge on any atom is -0.493 e. The standard InChI is InChI=1S/C27H32N4O4/c1-27(2,3)35-26(32)31-15-13-30(14-16-31)25-20-17-22(33-4)23(34-5)18-21(20)28-24(29-25)12-11-19-9-7-6-8-10-19/h6-12,17-18H,13-16H2,1-5H3/b12-11+.